The number of carbonyl (C=O) groups is 2. The van der Waals surface area contributed by atoms with Gasteiger partial charge in [-0.05, 0) is 52.5 Å². The number of hydrogen-bond acceptors (Lipinski definition) is 8. The molecule has 4 N–H and O–H groups in total. The van der Waals surface area contributed by atoms with Gasteiger partial charge >= 0.3 is 0 Å². The summed E-state index contributed by atoms with van der Waals surface area (Å²) in [6.07, 6.45) is 0. The fraction of sp³-hybridized carbons (Fsp3) is 0.417. The van der Waals surface area contributed by atoms with Crippen LogP contribution >= 0.6 is 0 Å². The van der Waals surface area contributed by atoms with Crippen molar-refractivity contribution in [3.8, 4) is 11.5 Å². The van der Waals surface area contributed by atoms with Crippen LogP contribution in [0.3, 0.4) is 0 Å². The average molecular weight is 443 g/mol. The van der Waals surface area contributed by atoms with Crippen LogP contribution < -0.4 is 10.6 Å². The van der Waals surface area contributed by atoms with E-state index >= 15 is 0 Å². The lowest BCUT2D eigenvalue weighted by Gasteiger charge is -2.25. The lowest BCUT2D eigenvalue weighted by molar-refractivity contribution is 0.0975. The van der Waals surface area contributed by atoms with E-state index < -0.39 is 11.6 Å². The number of anilines is 2. The summed E-state index contributed by atoms with van der Waals surface area (Å²) >= 11 is 0. The Morgan fingerprint density at radius 3 is 1.31 bits per heavy atom. The molecule has 1 aliphatic rings. The second-order valence-electron chi connectivity index (χ2n) is 7.88. The molecule has 8 nitrogen and oxygen atoms in total. The van der Waals surface area contributed by atoms with Crippen LogP contribution in [0.1, 0.15) is 45.7 Å². The normalized spacial score (nSPS) is 12.2. The molecule has 0 radical (unpaired) electrons. The summed E-state index contributed by atoms with van der Waals surface area (Å²) in [5.74, 6) is -1.62. The molecule has 8 heteroatoms. The van der Waals surface area contributed by atoms with Gasteiger partial charge < -0.3 is 30.6 Å². The molecule has 0 aromatic heterocycles. The molecule has 0 heterocycles. The lowest BCUT2D eigenvalue weighted by Crippen LogP contribution is -2.27. The Morgan fingerprint density at radius 1 is 0.656 bits per heavy atom. The minimum atomic E-state index is -0.489. The number of fused-ring (bicyclic) bond motifs is 2. The third kappa shape index (κ3) is 5.20. The molecule has 3 rings (SSSR count). The minimum absolute atomic E-state index is 0.159. The van der Waals surface area contributed by atoms with E-state index in [4.69, 9.17) is 0 Å². The molecule has 0 spiro atoms. The Hall–Kier alpha value is -3.10. The number of hydrogen-bond donors (Lipinski definition) is 4. The number of rotatable bonds is 8. The number of phenols is 2. The van der Waals surface area contributed by atoms with E-state index in [-0.39, 0.29) is 33.8 Å². The Bertz CT molecular complexity index is 908. The van der Waals surface area contributed by atoms with Gasteiger partial charge in [0.05, 0.1) is 22.3 Å². The van der Waals surface area contributed by atoms with E-state index in [0.717, 1.165) is 13.1 Å². The second-order valence-corrected chi connectivity index (χ2v) is 7.88. The number of ketones is 2. The summed E-state index contributed by atoms with van der Waals surface area (Å²) in [5, 5.41) is 27.0. The lowest BCUT2D eigenvalue weighted by atomic mass is 9.81. The molecule has 32 heavy (non-hydrogen) atoms. The van der Waals surface area contributed by atoms with Crippen LogP contribution in [0.5, 0.6) is 11.5 Å². The van der Waals surface area contributed by atoms with Gasteiger partial charge in [-0.25, -0.2) is 0 Å². The van der Waals surface area contributed by atoms with E-state index in [2.05, 4.69) is 10.6 Å². The molecule has 0 saturated heterocycles. The van der Waals surface area contributed by atoms with Crippen molar-refractivity contribution in [2.24, 2.45) is 0 Å². The Balaban J connectivity index is 0.00000176. The van der Waals surface area contributed by atoms with Crippen molar-refractivity contribution in [2.75, 3.05) is 65.0 Å². The molecule has 0 unspecified atom stereocenters. The topological polar surface area (TPSA) is 105 Å². The fourth-order valence-electron chi connectivity index (χ4n) is 3.49. The predicted molar refractivity (Wildman–Crippen MR) is 129 cm³/mol. The first kappa shape index (κ1) is 25.2. The molecule has 0 amide bonds. The van der Waals surface area contributed by atoms with Gasteiger partial charge in [0.1, 0.15) is 11.5 Å². The van der Waals surface area contributed by atoms with Crippen LogP contribution in [0.2, 0.25) is 0 Å². The highest BCUT2D eigenvalue weighted by Gasteiger charge is 2.37. The highest BCUT2D eigenvalue weighted by atomic mass is 16.3. The molecule has 2 aromatic rings. The number of aromatic hydroxyl groups is 2. The van der Waals surface area contributed by atoms with Gasteiger partial charge in [-0.2, -0.15) is 0 Å². The van der Waals surface area contributed by atoms with E-state index in [9.17, 15) is 19.8 Å². The van der Waals surface area contributed by atoms with Gasteiger partial charge in [0.15, 0.2) is 0 Å². The molecular weight excluding hydrogens is 408 g/mol. The third-order valence-corrected chi connectivity index (χ3v) is 5.02. The molecule has 0 bridgehead atoms. The van der Waals surface area contributed by atoms with E-state index in [1.54, 1.807) is 12.1 Å². The van der Waals surface area contributed by atoms with Crippen LogP contribution in [-0.4, -0.2) is 85.9 Å². The summed E-state index contributed by atoms with van der Waals surface area (Å²) < 4.78 is 0. The van der Waals surface area contributed by atoms with E-state index in [0.29, 0.717) is 24.5 Å². The number of benzene rings is 2. The van der Waals surface area contributed by atoms with Crippen LogP contribution in [0.4, 0.5) is 11.4 Å². The maximum atomic E-state index is 13.4. The number of nitrogens with zero attached hydrogens (tertiary/aromatic N) is 2. The SMILES string of the molecule is CC.CN(C)CCNc1ccc(NCCN(C)C)c2c1C(=O)c1c(O)ccc(O)c1C2=O. The van der Waals surface area contributed by atoms with E-state index in [1.807, 2.05) is 51.8 Å². The largest absolute Gasteiger partial charge is 0.507 e. The zero-order valence-electron chi connectivity index (χ0n) is 19.7. The van der Waals surface area contributed by atoms with Gasteiger partial charge in [0, 0.05) is 37.6 Å². The van der Waals surface area contributed by atoms with Crippen molar-refractivity contribution in [1.82, 2.24) is 9.80 Å². The first-order valence-electron chi connectivity index (χ1n) is 10.8. The quantitative estimate of drug-likeness (QED) is 0.395. The molecular formula is C24H34N4O4. The molecule has 2 aromatic carbocycles. The monoisotopic (exact) mass is 442 g/mol. The standard InChI is InChI=1S/C22H28N4O4.C2H6/c1-25(2)11-9-23-13-5-6-14(24-10-12-26(3)4)18-17(13)21(29)19-15(27)7-8-16(28)20(19)22(18)30;1-2/h5-8,23-24,27-28H,9-12H2,1-4H3;1-2H3. The van der Waals surface area contributed by atoms with Crippen LogP contribution in [0.25, 0.3) is 0 Å². The summed E-state index contributed by atoms with van der Waals surface area (Å²) in [6.45, 7) is 6.63. The maximum Gasteiger partial charge on any atom is 0.200 e. The number of nitrogens with one attached hydrogen (secondary N) is 2. The highest BCUT2D eigenvalue weighted by Crippen LogP contribution is 2.42. The fourth-order valence-corrected chi connectivity index (χ4v) is 3.49. The summed E-state index contributed by atoms with van der Waals surface area (Å²) in [6, 6.07) is 5.98. The third-order valence-electron chi connectivity index (χ3n) is 5.02. The van der Waals surface area contributed by atoms with Crippen molar-refractivity contribution in [3.63, 3.8) is 0 Å². The highest BCUT2D eigenvalue weighted by molar-refractivity contribution is 6.33. The van der Waals surface area contributed by atoms with Gasteiger partial charge in [-0.3, -0.25) is 9.59 Å². The van der Waals surface area contributed by atoms with Crippen LogP contribution in [0.15, 0.2) is 24.3 Å². The van der Waals surface area contributed by atoms with Crippen LogP contribution in [0, 0.1) is 0 Å². The first-order valence-corrected chi connectivity index (χ1v) is 10.8. The molecule has 0 atom stereocenters. The van der Waals surface area contributed by atoms with Crippen molar-refractivity contribution >= 4 is 22.9 Å². The van der Waals surface area contributed by atoms with Gasteiger partial charge in [-0.15, -0.1) is 0 Å². The second kappa shape index (κ2) is 11.0. The summed E-state index contributed by atoms with van der Waals surface area (Å²) in [5.41, 5.74) is 1.15. The molecule has 0 saturated carbocycles. The average Bonchev–Trinajstić information content (AvgIpc) is 2.75. The minimum Gasteiger partial charge on any atom is -0.507 e. The zero-order valence-corrected chi connectivity index (χ0v) is 19.7. The molecule has 0 aliphatic heterocycles. The van der Waals surface area contributed by atoms with Gasteiger partial charge in [0.25, 0.3) is 0 Å². The van der Waals surface area contributed by atoms with Crippen molar-refractivity contribution < 1.29 is 19.8 Å². The van der Waals surface area contributed by atoms with Crippen molar-refractivity contribution in [1.29, 1.82) is 0 Å². The predicted octanol–water partition coefficient (Wildman–Crippen LogP) is 2.85. The number of likely N-dealkylation sites (N-methyl/N-ethyl adjacent to an activating group) is 2. The Kier molecular flexibility index (Phi) is 8.63. The molecule has 174 valence electrons. The van der Waals surface area contributed by atoms with Gasteiger partial charge in [0.2, 0.25) is 11.6 Å². The summed E-state index contributed by atoms with van der Waals surface area (Å²) in [4.78, 5) is 30.7. The van der Waals surface area contributed by atoms with Crippen molar-refractivity contribution in [3.05, 3.63) is 46.5 Å². The summed E-state index contributed by atoms with van der Waals surface area (Å²) in [7, 11) is 7.78. The number of carbonyl (C=O) groups excluding carboxylic acids is 2. The Labute approximate surface area is 189 Å². The molecule has 1 aliphatic carbocycles. The number of phenolic OH excluding ortho intramolecular Hbond substituents is 2. The van der Waals surface area contributed by atoms with Crippen molar-refractivity contribution in [2.45, 2.75) is 13.8 Å². The van der Waals surface area contributed by atoms with Gasteiger partial charge in [-0.1, -0.05) is 13.8 Å². The Morgan fingerprint density at radius 2 is 1.00 bits per heavy atom. The van der Waals surface area contributed by atoms with Crippen LogP contribution in [-0.2, 0) is 0 Å². The zero-order chi connectivity index (χ0) is 24.0. The van der Waals surface area contributed by atoms with E-state index in [1.165, 1.54) is 12.1 Å². The molecule has 0 fully saturated rings. The first-order chi connectivity index (χ1) is 15.2. The maximum absolute atomic E-state index is 13.4. The smallest absolute Gasteiger partial charge is 0.200 e.